The summed E-state index contributed by atoms with van der Waals surface area (Å²) >= 11 is 0. The van der Waals surface area contributed by atoms with E-state index in [0.29, 0.717) is 17.3 Å². The van der Waals surface area contributed by atoms with Gasteiger partial charge in [0.1, 0.15) is 11.6 Å². The van der Waals surface area contributed by atoms with Gasteiger partial charge >= 0.3 is 6.03 Å². The summed E-state index contributed by atoms with van der Waals surface area (Å²) in [5.41, 5.74) is 1.90. The summed E-state index contributed by atoms with van der Waals surface area (Å²) in [6.45, 7) is 0. The van der Waals surface area contributed by atoms with E-state index in [4.69, 9.17) is 0 Å². The molecule has 0 aliphatic heterocycles. The van der Waals surface area contributed by atoms with Crippen LogP contribution in [0.5, 0.6) is 11.5 Å². The zero-order chi connectivity index (χ0) is 20.1. The molecule has 4 N–H and O–H groups in total. The van der Waals surface area contributed by atoms with Gasteiger partial charge in [-0.15, -0.1) is 0 Å². The number of benzene rings is 3. The molecule has 5 nitrogen and oxygen atoms in total. The van der Waals surface area contributed by atoms with Crippen LogP contribution in [0, 0.1) is 11.6 Å². The number of halogens is 2. The van der Waals surface area contributed by atoms with E-state index in [9.17, 15) is 23.8 Å². The molecule has 2 amide bonds. The fourth-order valence-electron chi connectivity index (χ4n) is 2.39. The van der Waals surface area contributed by atoms with Gasteiger partial charge in [-0.2, -0.15) is 0 Å². The molecule has 0 atom stereocenters. The molecule has 3 aromatic rings. The molecule has 0 unspecified atom stereocenters. The number of anilines is 2. The standard InChI is InChI=1S/C21H16F2N2O3/c22-15-6-9-18(17(23)12-15)25-21(28)24-16-7-3-13(4-8-16)1-2-14-5-10-19(26)20(27)11-14/h1-12,26-27H,(H2,24,25,28)/b2-1+. The third-order valence-corrected chi connectivity index (χ3v) is 3.82. The topological polar surface area (TPSA) is 81.6 Å². The first-order valence-electron chi connectivity index (χ1n) is 8.24. The number of hydrogen-bond acceptors (Lipinski definition) is 3. The highest BCUT2D eigenvalue weighted by molar-refractivity contribution is 5.99. The van der Waals surface area contributed by atoms with Gasteiger partial charge in [-0.3, -0.25) is 0 Å². The molecule has 28 heavy (non-hydrogen) atoms. The van der Waals surface area contributed by atoms with Crippen LogP contribution in [0.15, 0.2) is 60.7 Å². The van der Waals surface area contributed by atoms with Crippen LogP contribution in [-0.2, 0) is 0 Å². The van der Waals surface area contributed by atoms with Gasteiger partial charge in [-0.1, -0.05) is 30.4 Å². The number of carbonyl (C=O) groups excluding carboxylic acids is 1. The van der Waals surface area contributed by atoms with Gasteiger partial charge in [0.05, 0.1) is 5.69 Å². The van der Waals surface area contributed by atoms with Crippen molar-refractivity contribution in [1.29, 1.82) is 0 Å². The number of rotatable bonds is 4. The Morgan fingerprint density at radius 1 is 0.786 bits per heavy atom. The van der Waals surface area contributed by atoms with Crippen molar-refractivity contribution in [2.24, 2.45) is 0 Å². The lowest BCUT2D eigenvalue weighted by molar-refractivity contribution is 0.262. The Balaban J connectivity index is 1.61. The molecule has 0 saturated carbocycles. The van der Waals surface area contributed by atoms with Crippen molar-refractivity contribution in [3.8, 4) is 11.5 Å². The lowest BCUT2D eigenvalue weighted by Gasteiger charge is -2.08. The van der Waals surface area contributed by atoms with Crippen LogP contribution in [0.2, 0.25) is 0 Å². The van der Waals surface area contributed by atoms with E-state index >= 15 is 0 Å². The number of aromatic hydroxyl groups is 2. The van der Waals surface area contributed by atoms with E-state index in [1.807, 2.05) is 0 Å². The number of amides is 2. The van der Waals surface area contributed by atoms with Gasteiger partial charge < -0.3 is 20.8 Å². The Kier molecular flexibility index (Phi) is 5.55. The molecule has 0 aromatic heterocycles. The first-order chi connectivity index (χ1) is 13.4. The maximum atomic E-state index is 13.6. The minimum atomic E-state index is -0.865. The van der Waals surface area contributed by atoms with Crippen molar-refractivity contribution < 1.29 is 23.8 Å². The Morgan fingerprint density at radius 3 is 2.14 bits per heavy atom. The number of phenolic OH excluding ortho intramolecular Hbond substituents is 2. The molecular weight excluding hydrogens is 366 g/mol. The second-order valence-electron chi connectivity index (χ2n) is 5.91. The maximum Gasteiger partial charge on any atom is 0.323 e. The van der Waals surface area contributed by atoms with Gasteiger partial charge in [0.25, 0.3) is 0 Å². The zero-order valence-electron chi connectivity index (χ0n) is 14.5. The lowest BCUT2D eigenvalue weighted by atomic mass is 10.1. The van der Waals surface area contributed by atoms with E-state index in [1.54, 1.807) is 42.5 Å². The number of urea groups is 1. The maximum absolute atomic E-state index is 13.6. The van der Waals surface area contributed by atoms with Crippen molar-refractivity contribution in [3.05, 3.63) is 83.4 Å². The van der Waals surface area contributed by atoms with E-state index in [2.05, 4.69) is 10.6 Å². The fourth-order valence-corrected chi connectivity index (χ4v) is 2.39. The van der Waals surface area contributed by atoms with Crippen LogP contribution in [0.3, 0.4) is 0 Å². The molecule has 0 aliphatic rings. The summed E-state index contributed by atoms with van der Waals surface area (Å²) in [4.78, 5) is 11.9. The molecule has 3 rings (SSSR count). The number of nitrogens with one attached hydrogen (secondary N) is 2. The van der Waals surface area contributed by atoms with Crippen LogP contribution in [0.1, 0.15) is 11.1 Å². The quantitative estimate of drug-likeness (QED) is 0.370. The zero-order valence-corrected chi connectivity index (χ0v) is 14.5. The van der Waals surface area contributed by atoms with Crippen LogP contribution in [-0.4, -0.2) is 16.2 Å². The van der Waals surface area contributed by atoms with Crippen LogP contribution in [0.4, 0.5) is 25.0 Å². The first-order valence-corrected chi connectivity index (χ1v) is 8.24. The van der Waals surface area contributed by atoms with Crippen molar-refractivity contribution >= 4 is 29.6 Å². The normalized spacial score (nSPS) is 10.8. The predicted octanol–water partition coefficient (Wildman–Crippen LogP) is 5.19. The molecule has 142 valence electrons. The number of phenols is 2. The van der Waals surface area contributed by atoms with Gasteiger partial charge in [-0.05, 0) is 47.5 Å². The summed E-state index contributed by atoms with van der Waals surface area (Å²) in [6, 6.07) is 13.5. The second-order valence-corrected chi connectivity index (χ2v) is 5.91. The molecule has 0 spiro atoms. The summed E-state index contributed by atoms with van der Waals surface area (Å²) in [5, 5.41) is 23.6. The highest BCUT2D eigenvalue weighted by atomic mass is 19.1. The molecule has 3 aromatic carbocycles. The first kappa shape index (κ1) is 18.9. The largest absolute Gasteiger partial charge is 0.504 e. The number of carbonyl (C=O) groups is 1. The van der Waals surface area contributed by atoms with Gasteiger partial charge in [-0.25, -0.2) is 13.6 Å². The highest BCUT2D eigenvalue weighted by Gasteiger charge is 2.08. The van der Waals surface area contributed by atoms with E-state index in [-0.39, 0.29) is 17.2 Å². The van der Waals surface area contributed by atoms with E-state index in [0.717, 1.165) is 17.7 Å². The molecule has 0 saturated heterocycles. The summed E-state index contributed by atoms with van der Waals surface area (Å²) in [5.74, 6) is -1.98. The van der Waals surface area contributed by atoms with Gasteiger partial charge in [0.15, 0.2) is 11.5 Å². The molecule has 7 heteroatoms. The average molecular weight is 382 g/mol. The van der Waals surface area contributed by atoms with E-state index in [1.165, 1.54) is 12.1 Å². The smallest absolute Gasteiger partial charge is 0.323 e. The molecule has 0 radical (unpaired) electrons. The summed E-state index contributed by atoms with van der Waals surface area (Å²) in [7, 11) is 0. The second kappa shape index (κ2) is 8.22. The molecule has 0 bridgehead atoms. The van der Waals surface area contributed by atoms with Crippen molar-refractivity contribution in [2.45, 2.75) is 0 Å². The molecule has 0 fully saturated rings. The SMILES string of the molecule is O=C(Nc1ccc(/C=C/c2ccc(O)c(O)c2)cc1)Nc1ccc(F)cc1F. The third kappa shape index (κ3) is 4.85. The van der Waals surface area contributed by atoms with Crippen LogP contribution < -0.4 is 10.6 Å². The third-order valence-electron chi connectivity index (χ3n) is 3.82. The van der Waals surface area contributed by atoms with Gasteiger partial charge in [0, 0.05) is 11.8 Å². The van der Waals surface area contributed by atoms with E-state index < -0.39 is 17.7 Å². The Hall–Kier alpha value is -3.87. The number of hydrogen-bond donors (Lipinski definition) is 4. The minimum absolute atomic E-state index is 0.129. The van der Waals surface area contributed by atoms with Crippen LogP contribution in [0.25, 0.3) is 12.2 Å². The Morgan fingerprint density at radius 2 is 1.46 bits per heavy atom. The molecule has 0 aliphatic carbocycles. The lowest BCUT2D eigenvalue weighted by Crippen LogP contribution is -2.20. The Labute approximate surface area is 159 Å². The van der Waals surface area contributed by atoms with Crippen molar-refractivity contribution in [3.63, 3.8) is 0 Å². The van der Waals surface area contributed by atoms with Gasteiger partial charge in [0.2, 0.25) is 0 Å². The van der Waals surface area contributed by atoms with Crippen molar-refractivity contribution in [1.82, 2.24) is 0 Å². The minimum Gasteiger partial charge on any atom is -0.504 e. The highest BCUT2D eigenvalue weighted by Crippen LogP contribution is 2.25. The monoisotopic (exact) mass is 382 g/mol. The summed E-state index contributed by atoms with van der Waals surface area (Å²) in [6.07, 6.45) is 3.55. The predicted molar refractivity (Wildman–Crippen MR) is 104 cm³/mol. The Bertz CT molecular complexity index is 1030. The summed E-state index contributed by atoms with van der Waals surface area (Å²) < 4.78 is 26.4. The van der Waals surface area contributed by atoms with Crippen LogP contribution >= 0.6 is 0 Å². The molecular formula is C21H16F2N2O3. The van der Waals surface area contributed by atoms with Crippen molar-refractivity contribution in [2.75, 3.05) is 10.6 Å². The molecule has 0 heterocycles. The fraction of sp³-hybridized carbons (Fsp3) is 0. The average Bonchev–Trinajstić information content (AvgIpc) is 2.66.